The van der Waals surface area contributed by atoms with Gasteiger partial charge >= 0.3 is 0 Å². The van der Waals surface area contributed by atoms with Gasteiger partial charge in [0, 0.05) is 11.8 Å². The van der Waals surface area contributed by atoms with E-state index >= 15 is 0 Å². The van der Waals surface area contributed by atoms with Crippen LogP contribution in [0.4, 0.5) is 5.82 Å². The molecule has 0 radical (unpaired) electrons. The van der Waals surface area contributed by atoms with E-state index in [4.69, 9.17) is 10.6 Å². The zero-order valence-corrected chi connectivity index (χ0v) is 9.58. The first-order chi connectivity index (χ1) is 8.83. The normalized spacial score (nSPS) is 12.7. The minimum Gasteiger partial charge on any atom is -0.384 e. The van der Waals surface area contributed by atoms with Crippen LogP contribution in [-0.2, 0) is 0 Å². The van der Waals surface area contributed by atoms with Crippen LogP contribution >= 0.6 is 0 Å². The van der Waals surface area contributed by atoms with E-state index in [1.807, 2.05) is 42.5 Å². The third-order valence-electron chi connectivity index (χ3n) is 2.70. The molecule has 1 aliphatic rings. The van der Waals surface area contributed by atoms with Crippen LogP contribution in [0.2, 0.25) is 0 Å². The van der Waals surface area contributed by atoms with Gasteiger partial charge in [0.05, 0.1) is 6.21 Å². The van der Waals surface area contributed by atoms with Crippen LogP contribution in [0.15, 0.2) is 47.8 Å². The van der Waals surface area contributed by atoms with E-state index in [2.05, 4.69) is 10.1 Å². The van der Waals surface area contributed by atoms with Gasteiger partial charge in [0.15, 0.2) is 5.75 Å². The van der Waals surface area contributed by atoms with Gasteiger partial charge < -0.3 is 10.6 Å². The number of nitrogen functional groups attached to an aromatic ring is 1. The molecule has 2 heterocycles. The van der Waals surface area contributed by atoms with Crippen molar-refractivity contribution in [1.82, 2.24) is 4.98 Å². The highest BCUT2D eigenvalue weighted by Gasteiger charge is 2.06. The number of hydrogen-bond acceptors (Lipinski definition) is 4. The summed E-state index contributed by atoms with van der Waals surface area (Å²) in [6, 6.07) is 9.68. The van der Waals surface area contributed by atoms with Crippen molar-refractivity contribution >= 4 is 18.1 Å². The van der Waals surface area contributed by atoms with Gasteiger partial charge in [0.1, 0.15) is 5.82 Å². The summed E-state index contributed by atoms with van der Waals surface area (Å²) in [5.74, 6) is 1.25. The molecule has 4 nitrogen and oxygen atoms in total. The number of rotatable bonds is 1. The first kappa shape index (κ1) is 10.5. The van der Waals surface area contributed by atoms with Crippen molar-refractivity contribution in [3.8, 4) is 16.9 Å². The van der Waals surface area contributed by atoms with Crippen LogP contribution in [-0.4, -0.2) is 11.2 Å². The van der Waals surface area contributed by atoms with E-state index < -0.39 is 0 Å². The summed E-state index contributed by atoms with van der Waals surface area (Å²) in [5, 5.41) is 3.79. The molecule has 0 unspecified atom stereocenters. The number of fused-ring (bicyclic) bond motifs is 1. The Morgan fingerprint density at radius 1 is 1.06 bits per heavy atom. The summed E-state index contributed by atoms with van der Waals surface area (Å²) in [4.78, 5) is 9.22. The highest BCUT2D eigenvalue weighted by molar-refractivity contribution is 5.81. The Morgan fingerprint density at radius 3 is 2.83 bits per heavy atom. The van der Waals surface area contributed by atoms with Gasteiger partial charge in [0.2, 0.25) is 0 Å². The average Bonchev–Trinajstić information content (AvgIpc) is 2.63. The molecule has 1 aromatic carbocycles. The molecule has 1 aliphatic heterocycles. The summed E-state index contributed by atoms with van der Waals surface area (Å²) in [6.45, 7) is 0. The van der Waals surface area contributed by atoms with E-state index in [1.54, 1.807) is 12.4 Å². The summed E-state index contributed by atoms with van der Waals surface area (Å²) in [6.07, 6.45) is 7.12. The molecule has 2 N–H and O–H groups in total. The number of hydrogen-bond donors (Lipinski definition) is 1. The van der Waals surface area contributed by atoms with Gasteiger partial charge in [-0.15, -0.1) is 0 Å². The summed E-state index contributed by atoms with van der Waals surface area (Å²) >= 11 is 0. The van der Waals surface area contributed by atoms with Crippen LogP contribution in [0, 0.1) is 0 Å². The number of nitrogens with two attached hydrogens (primary N) is 1. The topological polar surface area (TPSA) is 60.5 Å². The van der Waals surface area contributed by atoms with E-state index in [-0.39, 0.29) is 0 Å². The number of allylic oxidation sites excluding steroid dienone is 1. The van der Waals surface area contributed by atoms with Gasteiger partial charge in [-0.2, -0.15) is 0 Å². The molecule has 0 fully saturated rings. The molecule has 88 valence electrons. The number of pyridine rings is 1. The second-order valence-corrected chi connectivity index (χ2v) is 3.93. The van der Waals surface area contributed by atoms with Crippen LogP contribution in [0.5, 0.6) is 5.75 Å². The quantitative estimate of drug-likeness (QED) is 0.829. The molecule has 0 aliphatic carbocycles. The lowest BCUT2D eigenvalue weighted by Gasteiger charge is -2.06. The Morgan fingerprint density at radius 2 is 1.94 bits per heavy atom. The molecular weight excluding hydrogens is 226 g/mol. The first-order valence-corrected chi connectivity index (χ1v) is 5.56. The molecule has 0 atom stereocenters. The second-order valence-electron chi connectivity index (χ2n) is 3.93. The fourth-order valence-electron chi connectivity index (χ4n) is 1.84. The predicted octanol–water partition coefficient (Wildman–Crippen LogP) is 2.72. The van der Waals surface area contributed by atoms with Gasteiger partial charge in [-0.3, -0.25) is 0 Å². The molecule has 4 heteroatoms. The van der Waals surface area contributed by atoms with Crippen molar-refractivity contribution in [3.63, 3.8) is 0 Å². The average molecular weight is 237 g/mol. The first-order valence-electron chi connectivity index (χ1n) is 5.56. The standard InChI is InChI=1S/C14H11N3O/c15-14-9-11(5-7-16-14)10-3-4-13-12(8-10)2-1-6-17-18-13/h1-9H,(H2,15,16). The van der Waals surface area contributed by atoms with Gasteiger partial charge in [-0.1, -0.05) is 11.2 Å². The number of aromatic nitrogens is 1. The van der Waals surface area contributed by atoms with Crippen LogP contribution < -0.4 is 10.6 Å². The number of benzene rings is 1. The Bertz CT molecular complexity index is 647. The van der Waals surface area contributed by atoms with Crippen molar-refractivity contribution in [2.75, 3.05) is 5.73 Å². The number of anilines is 1. The Labute approximate surface area is 104 Å². The highest BCUT2D eigenvalue weighted by atomic mass is 16.6. The van der Waals surface area contributed by atoms with Gasteiger partial charge in [-0.05, 0) is 47.5 Å². The SMILES string of the molecule is Nc1cc(-c2ccc3c(c2)C=CC=NO3)ccn1. The minimum absolute atomic E-state index is 0.512. The molecule has 1 aromatic heterocycles. The molecule has 0 spiro atoms. The summed E-state index contributed by atoms with van der Waals surface area (Å²) in [5.41, 5.74) is 8.77. The lowest BCUT2D eigenvalue weighted by atomic mass is 10.0. The van der Waals surface area contributed by atoms with Crippen molar-refractivity contribution in [1.29, 1.82) is 0 Å². The maximum atomic E-state index is 5.69. The Balaban J connectivity index is 2.07. The molecule has 0 bridgehead atoms. The minimum atomic E-state index is 0.512. The molecule has 18 heavy (non-hydrogen) atoms. The molecule has 0 amide bonds. The van der Waals surface area contributed by atoms with Crippen LogP contribution in [0.25, 0.3) is 17.2 Å². The van der Waals surface area contributed by atoms with Crippen molar-refractivity contribution < 1.29 is 4.84 Å². The maximum Gasteiger partial charge on any atom is 0.165 e. The number of nitrogens with zero attached hydrogens (tertiary/aromatic N) is 2. The second kappa shape index (κ2) is 4.33. The van der Waals surface area contributed by atoms with E-state index in [1.165, 1.54) is 0 Å². The largest absolute Gasteiger partial charge is 0.384 e. The lowest BCUT2D eigenvalue weighted by Crippen LogP contribution is -1.90. The zero-order chi connectivity index (χ0) is 12.4. The van der Waals surface area contributed by atoms with E-state index in [9.17, 15) is 0 Å². The van der Waals surface area contributed by atoms with Gasteiger partial charge in [0.25, 0.3) is 0 Å². The fourth-order valence-corrected chi connectivity index (χ4v) is 1.84. The Kier molecular flexibility index (Phi) is 2.53. The van der Waals surface area contributed by atoms with Crippen LogP contribution in [0.1, 0.15) is 5.56 Å². The van der Waals surface area contributed by atoms with Crippen LogP contribution in [0.3, 0.4) is 0 Å². The molecule has 0 saturated heterocycles. The van der Waals surface area contributed by atoms with Crippen molar-refractivity contribution in [2.24, 2.45) is 5.16 Å². The fraction of sp³-hybridized carbons (Fsp3) is 0. The lowest BCUT2D eigenvalue weighted by molar-refractivity contribution is 0.344. The predicted molar refractivity (Wildman–Crippen MR) is 72.2 cm³/mol. The third kappa shape index (κ3) is 1.96. The monoisotopic (exact) mass is 237 g/mol. The van der Waals surface area contributed by atoms with Crippen molar-refractivity contribution in [2.45, 2.75) is 0 Å². The highest BCUT2D eigenvalue weighted by Crippen LogP contribution is 2.28. The van der Waals surface area contributed by atoms with E-state index in [0.717, 1.165) is 22.4 Å². The van der Waals surface area contributed by atoms with E-state index in [0.29, 0.717) is 5.82 Å². The van der Waals surface area contributed by atoms with Gasteiger partial charge in [-0.25, -0.2) is 4.98 Å². The molecular formula is C14H11N3O. The Hall–Kier alpha value is -2.62. The molecule has 0 saturated carbocycles. The number of oxime groups is 1. The molecule has 2 aromatic rings. The molecule has 3 rings (SSSR count). The van der Waals surface area contributed by atoms with Crippen molar-refractivity contribution in [3.05, 3.63) is 48.2 Å². The zero-order valence-electron chi connectivity index (χ0n) is 9.58. The smallest absolute Gasteiger partial charge is 0.165 e. The maximum absolute atomic E-state index is 5.69. The summed E-state index contributed by atoms with van der Waals surface area (Å²) < 4.78 is 0. The third-order valence-corrected chi connectivity index (χ3v) is 2.70. The summed E-state index contributed by atoms with van der Waals surface area (Å²) in [7, 11) is 0.